The summed E-state index contributed by atoms with van der Waals surface area (Å²) < 4.78 is 0. The van der Waals surface area contributed by atoms with Crippen LogP contribution in [0.3, 0.4) is 0 Å². The van der Waals surface area contributed by atoms with Crippen LogP contribution in [0.15, 0.2) is 21.8 Å². The van der Waals surface area contributed by atoms with Crippen molar-refractivity contribution in [2.24, 2.45) is 10.9 Å². The highest BCUT2D eigenvalue weighted by Gasteiger charge is 2.19. The second kappa shape index (κ2) is 9.85. The van der Waals surface area contributed by atoms with Gasteiger partial charge in [0.2, 0.25) is 0 Å². The number of rotatable bonds is 8. The molecule has 4 nitrogen and oxygen atoms in total. The fourth-order valence-corrected chi connectivity index (χ4v) is 3.06. The first-order chi connectivity index (χ1) is 10.5. The molecule has 126 valence electrons. The molecule has 1 heterocycles. The van der Waals surface area contributed by atoms with Gasteiger partial charge in [0.25, 0.3) is 0 Å². The van der Waals surface area contributed by atoms with Crippen molar-refractivity contribution < 1.29 is 0 Å². The molecule has 0 amide bonds. The van der Waals surface area contributed by atoms with Crippen molar-refractivity contribution in [2.75, 3.05) is 26.7 Å². The lowest BCUT2D eigenvalue weighted by Crippen LogP contribution is -2.47. The molecule has 0 bridgehead atoms. The Kier molecular flexibility index (Phi) is 8.49. The summed E-state index contributed by atoms with van der Waals surface area (Å²) in [4.78, 5) is 6.83. The third kappa shape index (κ3) is 5.61. The maximum absolute atomic E-state index is 4.35. The molecule has 0 aliphatic carbocycles. The zero-order valence-electron chi connectivity index (χ0n) is 14.9. The van der Waals surface area contributed by atoms with Crippen LogP contribution in [0.1, 0.15) is 46.2 Å². The third-order valence-corrected chi connectivity index (χ3v) is 4.93. The number of nitrogens with one attached hydrogen (secondary N) is 2. The summed E-state index contributed by atoms with van der Waals surface area (Å²) in [5.41, 5.74) is 1.38. The van der Waals surface area contributed by atoms with Crippen molar-refractivity contribution in [3.8, 4) is 0 Å². The van der Waals surface area contributed by atoms with Crippen molar-refractivity contribution in [1.82, 2.24) is 15.5 Å². The van der Waals surface area contributed by atoms with E-state index in [1.807, 2.05) is 7.05 Å². The molecule has 0 saturated carbocycles. The third-order valence-electron chi connectivity index (χ3n) is 4.23. The molecule has 0 aliphatic rings. The topological polar surface area (TPSA) is 39.7 Å². The molecule has 0 fully saturated rings. The summed E-state index contributed by atoms with van der Waals surface area (Å²) in [7, 11) is 1.83. The second-order valence-electron chi connectivity index (χ2n) is 5.92. The van der Waals surface area contributed by atoms with E-state index in [0.717, 1.165) is 25.6 Å². The van der Waals surface area contributed by atoms with E-state index in [-0.39, 0.29) is 0 Å². The minimum atomic E-state index is 0.383. The van der Waals surface area contributed by atoms with Gasteiger partial charge in [-0.2, -0.15) is 11.3 Å². The van der Waals surface area contributed by atoms with E-state index in [9.17, 15) is 0 Å². The molecule has 22 heavy (non-hydrogen) atoms. The van der Waals surface area contributed by atoms with Crippen LogP contribution in [0.5, 0.6) is 0 Å². The fraction of sp³-hybridized carbons (Fsp3) is 0.706. The Bertz CT molecular complexity index is 424. The minimum absolute atomic E-state index is 0.383. The number of nitrogens with zero attached hydrogens (tertiary/aromatic N) is 2. The first-order valence-electron chi connectivity index (χ1n) is 8.26. The average Bonchev–Trinajstić information content (AvgIpc) is 3.03. The Morgan fingerprint density at radius 2 is 1.95 bits per heavy atom. The highest BCUT2D eigenvalue weighted by Crippen LogP contribution is 2.22. The molecule has 2 unspecified atom stereocenters. The lowest BCUT2D eigenvalue weighted by atomic mass is 10.1. The number of thiophene rings is 1. The van der Waals surface area contributed by atoms with Crippen LogP contribution in [-0.4, -0.2) is 43.6 Å². The normalized spacial score (nSPS) is 15.2. The van der Waals surface area contributed by atoms with Crippen LogP contribution >= 0.6 is 11.3 Å². The maximum atomic E-state index is 4.35. The van der Waals surface area contributed by atoms with Gasteiger partial charge in [0.1, 0.15) is 0 Å². The summed E-state index contributed by atoms with van der Waals surface area (Å²) in [6, 6.07) is 3.01. The average molecular weight is 325 g/mol. The Hall–Kier alpha value is -1.07. The van der Waals surface area contributed by atoms with Gasteiger partial charge in [-0.05, 0) is 48.3 Å². The zero-order valence-corrected chi connectivity index (χ0v) is 15.7. The highest BCUT2D eigenvalue weighted by atomic mass is 32.1. The molecule has 0 aromatic carbocycles. The largest absolute Gasteiger partial charge is 0.354 e. The summed E-state index contributed by atoms with van der Waals surface area (Å²) in [5.74, 6) is 1.46. The second-order valence-corrected chi connectivity index (χ2v) is 6.70. The Morgan fingerprint density at radius 1 is 1.27 bits per heavy atom. The summed E-state index contributed by atoms with van der Waals surface area (Å²) in [6.07, 6.45) is 0. The lowest BCUT2D eigenvalue weighted by Gasteiger charge is -2.30. The van der Waals surface area contributed by atoms with Gasteiger partial charge in [-0.3, -0.25) is 9.89 Å². The fourth-order valence-electron chi connectivity index (χ4n) is 2.36. The molecule has 0 spiro atoms. The van der Waals surface area contributed by atoms with Gasteiger partial charge in [0.05, 0.1) is 6.04 Å². The molecule has 0 radical (unpaired) electrons. The van der Waals surface area contributed by atoms with Gasteiger partial charge in [-0.1, -0.05) is 27.7 Å². The number of guanidine groups is 1. The van der Waals surface area contributed by atoms with Crippen LogP contribution in [0.2, 0.25) is 0 Å². The van der Waals surface area contributed by atoms with E-state index < -0.39 is 0 Å². The van der Waals surface area contributed by atoms with E-state index >= 15 is 0 Å². The number of hydrogen-bond acceptors (Lipinski definition) is 3. The van der Waals surface area contributed by atoms with Gasteiger partial charge in [0, 0.05) is 19.6 Å². The lowest BCUT2D eigenvalue weighted by molar-refractivity contribution is 0.219. The number of aliphatic imine (C=N–C) groups is 1. The first kappa shape index (κ1) is 19.0. The standard InChI is InChI=1S/C17H32N4S/c1-7-21(8-2)16(15-9-10-22-12-15)11-19-17(18-6)20-14(5)13(3)4/h9-10,12-14,16H,7-8,11H2,1-6H3,(H2,18,19,20). The molecule has 2 N–H and O–H groups in total. The van der Waals surface area contributed by atoms with Gasteiger partial charge >= 0.3 is 0 Å². The molecule has 2 atom stereocenters. The highest BCUT2D eigenvalue weighted by molar-refractivity contribution is 7.07. The van der Waals surface area contributed by atoms with Crippen molar-refractivity contribution in [3.05, 3.63) is 22.4 Å². The zero-order chi connectivity index (χ0) is 16.5. The summed E-state index contributed by atoms with van der Waals surface area (Å²) in [5, 5.41) is 11.4. The molecule has 0 saturated heterocycles. The van der Waals surface area contributed by atoms with Crippen LogP contribution in [0.25, 0.3) is 0 Å². The SMILES string of the molecule is CCN(CC)C(CNC(=NC)NC(C)C(C)C)c1ccsc1. The van der Waals surface area contributed by atoms with E-state index in [2.05, 4.69) is 72.0 Å². The van der Waals surface area contributed by atoms with E-state index in [1.54, 1.807) is 11.3 Å². The molecule has 0 aliphatic heterocycles. The smallest absolute Gasteiger partial charge is 0.191 e. The van der Waals surface area contributed by atoms with Gasteiger partial charge in [0.15, 0.2) is 5.96 Å². The van der Waals surface area contributed by atoms with Crippen LogP contribution in [-0.2, 0) is 0 Å². The first-order valence-corrected chi connectivity index (χ1v) is 9.21. The maximum Gasteiger partial charge on any atom is 0.191 e. The molecule has 5 heteroatoms. The van der Waals surface area contributed by atoms with Crippen molar-refractivity contribution in [3.63, 3.8) is 0 Å². The Balaban J connectivity index is 2.70. The molecule has 1 aromatic rings. The predicted molar refractivity (Wildman–Crippen MR) is 98.8 cm³/mol. The van der Waals surface area contributed by atoms with Crippen molar-refractivity contribution in [1.29, 1.82) is 0 Å². The number of likely N-dealkylation sites (N-methyl/N-ethyl adjacent to an activating group) is 1. The summed E-state index contributed by atoms with van der Waals surface area (Å²) >= 11 is 1.76. The van der Waals surface area contributed by atoms with Gasteiger partial charge in [-0.25, -0.2) is 0 Å². The van der Waals surface area contributed by atoms with Crippen molar-refractivity contribution in [2.45, 2.75) is 46.7 Å². The summed E-state index contributed by atoms with van der Waals surface area (Å²) in [6.45, 7) is 14.0. The molecular formula is C17H32N4S. The van der Waals surface area contributed by atoms with Crippen molar-refractivity contribution >= 4 is 17.3 Å². The molecule has 1 aromatic heterocycles. The minimum Gasteiger partial charge on any atom is -0.354 e. The molecular weight excluding hydrogens is 292 g/mol. The van der Waals surface area contributed by atoms with Crippen LogP contribution in [0.4, 0.5) is 0 Å². The van der Waals surface area contributed by atoms with Crippen LogP contribution < -0.4 is 10.6 Å². The number of hydrogen-bond donors (Lipinski definition) is 2. The van der Waals surface area contributed by atoms with Gasteiger partial charge in [-0.15, -0.1) is 0 Å². The van der Waals surface area contributed by atoms with E-state index in [4.69, 9.17) is 0 Å². The van der Waals surface area contributed by atoms with E-state index in [1.165, 1.54) is 5.56 Å². The monoisotopic (exact) mass is 324 g/mol. The van der Waals surface area contributed by atoms with E-state index in [0.29, 0.717) is 18.0 Å². The Labute approximate surface area is 140 Å². The Morgan fingerprint density at radius 3 is 2.41 bits per heavy atom. The van der Waals surface area contributed by atoms with Crippen LogP contribution in [0, 0.1) is 5.92 Å². The molecule has 1 rings (SSSR count). The predicted octanol–water partition coefficient (Wildman–Crippen LogP) is 3.34. The van der Waals surface area contributed by atoms with Gasteiger partial charge < -0.3 is 10.6 Å². The quantitative estimate of drug-likeness (QED) is 0.569.